The zero-order valence-electron chi connectivity index (χ0n) is 28.0. The third-order valence-electron chi connectivity index (χ3n) is 8.06. The van der Waals surface area contributed by atoms with E-state index in [1.807, 2.05) is 24.3 Å². The highest BCUT2D eigenvalue weighted by atomic mass is 19.3. The van der Waals surface area contributed by atoms with Crippen LogP contribution in [0.3, 0.4) is 0 Å². The molecule has 10 heteroatoms. The molecule has 6 aromatic rings. The van der Waals surface area contributed by atoms with Gasteiger partial charge in [-0.1, -0.05) is 146 Å². The lowest BCUT2D eigenvalue weighted by molar-refractivity contribution is -0.167. The van der Waals surface area contributed by atoms with Gasteiger partial charge >= 0.3 is 12.1 Å². The van der Waals surface area contributed by atoms with Gasteiger partial charge in [-0.05, 0) is 46.5 Å². The number of hydrogen-bond donors (Lipinski definition) is 0. The van der Waals surface area contributed by atoms with Gasteiger partial charge in [-0.25, -0.2) is 18.6 Å². The number of halogens is 8. The van der Waals surface area contributed by atoms with E-state index in [1.165, 1.54) is 24.3 Å². The predicted molar refractivity (Wildman–Crippen MR) is 190 cm³/mol. The molecule has 272 valence electrons. The van der Waals surface area contributed by atoms with Crippen LogP contribution in [0.4, 0.5) is 35.8 Å². The summed E-state index contributed by atoms with van der Waals surface area (Å²) >= 11 is 0. The molecule has 0 fully saturated rings. The molecule has 0 unspecified atom stereocenters. The molecule has 0 atom stereocenters. The van der Waals surface area contributed by atoms with Gasteiger partial charge in [0.25, 0.3) is 0 Å². The molecule has 0 saturated carbocycles. The Morgan fingerprint density at radius 1 is 0.327 bits per heavy atom. The Kier molecular flexibility index (Phi) is 15.3. The van der Waals surface area contributed by atoms with Crippen LogP contribution in [0.1, 0.15) is 33.4 Å². The lowest BCUT2D eigenvalue weighted by Gasteiger charge is -2.32. The molecule has 2 nitrogen and oxygen atoms in total. The lowest BCUT2D eigenvalue weighted by Crippen LogP contribution is -2.39. The van der Waals surface area contributed by atoms with Gasteiger partial charge < -0.3 is 0 Å². The summed E-state index contributed by atoms with van der Waals surface area (Å²) in [5.41, 5.74) is 1.76. The minimum Gasteiger partial charge on any atom is -0.269 e. The molecule has 0 aliphatic carbocycles. The molecule has 0 heterocycles. The largest absolute Gasteiger partial charge is 0.335 e. The van der Waals surface area contributed by atoms with E-state index in [0.29, 0.717) is 0 Å². The third kappa shape index (κ3) is 10.8. The molecule has 0 aliphatic rings. The van der Waals surface area contributed by atoms with Crippen molar-refractivity contribution in [3.8, 4) is 0 Å². The fourth-order valence-corrected chi connectivity index (χ4v) is 5.48. The van der Waals surface area contributed by atoms with Crippen molar-refractivity contribution in [2.45, 2.75) is 38.3 Å². The number of benzene rings is 6. The molecule has 52 heavy (non-hydrogen) atoms. The summed E-state index contributed by atoms with van der Waals surface area (Å²) in [7, 11) is 0. The van der Waals surface area contributed by atoms with E-state index in [9.17, 15) is 8.78 Å². The molecule has 0 radical (unpaired) electrons. The van der Waals surface area contributed by atoms with Crippen LogP contribution in [0.2, 0.25) is 0 Å². The lowest BCUT2D eigenvalue weighted by atomic mass is 10.1. The molecule has 0 N–H and O–H groups in total. The van der Waals surface area contributed by atoms with E-state index in [1.54, 1.807) is 97.1 Å². The Balaban J connectivity index is 0.000000270. The number of rotatable bonds is 12. The summed E-state index contributed by atoms with van der Waals surface area (Å²) in [4.78, 5) is 1.99. The summed E-state index contributed by atoms with van der Waals surface area (Å²) < 4.78 is 88.6. The first-order valence-corrected chi connectivity index (χ1v) is 16.1. The maximum Gasteiger partial charge on any atom is 0.335 e. The van der Waals surface area contributed by atoms with Gasteiger partial charge in [-0.2, -0.15) is 17.6 Å². The third-order valence-corrected chi connectivity index (χ3v) is 8.06. The Bertz CT molecular complexity index is 1670. The average Bonchev–Trinajstić information content (AvgIpc) is 3.13. The van der Waals surface area contributed by atoms with Crippen molar-refractivity contribution in [2.75, 3.05) is 0 Å². The van der Waals surface area contributed by atoms with E-state index in [-0.39, 0.29) is 35.6 Å². The highest BCUT2D eigenvalue weighted by Gasteiger charge is 2.42. The summed E-state index contributed by atoms with van der Waals surface area (Å²) in [5, 5.41) is 0. The van der Waals surface area contributed by atoms with Gasteiger partial charge in [0.15, 0.2) is 0 Å². The Labute approximate surface area is 298 Å². The zero-order valence-corrected chi connectivity index (χ0v) is 28.0. The second-order valence-corrected chi connectivity index (χ2v) is 11.7. The fraction of sp³-hybridized carbons (Fsp3) is 0.143. The standard InChI is InChI=1S/2C21H18F3N.2FH/c2*22-20-14-8-7-13-19(20)21(23,24)25(15-17-9-3-1-4-10-17)16-18-11-5-2-6-12-18;;/h2*1-14H,15-16H2;2*1H. The molecular formula is C42H38F8N2. The molecule has 0 amide bonds. The van der Waals surface area contributed by atoms with Crippen LogP contribution in [0.5, 0.6) is 0 Å². The van der Waals surface area contributed by atoms with E-state index >= 15 is 17.6 Å². The number of alkyl halides is 4. The smallest absolute Gasteiger partial charge is 0.269 e. The van der Waals surface area contributed by atoms with Crippen LogP contribution in [-0.2, 0) is 38.3 Å². The van der Waals surface area contributed by atoms with Crippen LogP contribution in [0, 0.1) is 11.6 Å². The minimum absolute atomic E-state index is 0. The van der Waals surface area contributed by atoms with Gasteiger partial charge in [0.05, 0.1) is 11.1 Å². The fourth-order valence-electron chi connectivity index (χ4n) is 5.48. The van der Waals surface area contributed by atoms with E-state index < -0.39 is 34.9 Å². The van der Waals surface area contributed by atoms with E-state index in [2.05, 4.69) is 0 Å². The molecule has 0 aromatic heterocycles. The van der Waals surface area contributed by atoms with Gasteiger partial charge in [0.1, 0.15) is 11.6 Å². The summed E-state index contributed by atoms with van der Waals surface area (Å²) in [6.45, 7) is 0.0439. The predicted octanol–water partition coefficient (Wildman–Crippen LogP) is 11.5. The second-order valence-electron chi connectivity index (χ2n) is 11.7. The zero-order chi connectivity index (χ0) is 35.4. The summed E-state index contributed by atoms with van der Waals surface area (Å²) in [6.07, 6.45) is 0. The van der Waals surface area contributed by atoms with Crippen LogP contribution < -0.4 is 0 Å². The first kappa shape index (κ1) is 41.1. The Hall–Kier alpha value is -5.32. The van der Waals surface area contributed by atoms with Crippen molar-refractivity contribution in [3.63, 3.8) is 0 Å². The van der Waals surface area contributed by atoms with Crippen molar-refractivity contribution in [2.24, 2.45) is 0 Å². The highest BCUT2D eigenvalue weighted by molar-refractivity contribution is 5.26. The number of nitrogens with zero attached hydrogens (tertiary/aromatic N) is 2. The quantitative estimate of drug-likeness (QED) is 0.0917. The average molecular weight is 723 g/mol. The summed E-state index contributed by atoms with van der Waals surface area (Å²) in [5.74, 6) is -1.81. The first-order chi connectivity index (χ1) is 24.1. The molecule has 0 saturated heterocycles. The summed E-state index contributed by atoms with van der Waals surface area (Å²) in [6, 6.07) is 39.3. The highest BCUT2D eigenvalue weighted by Crippen LogP contribution is 2.37. The van der Waals surface area contributed by atoms with E-state index in [4.69, 9.17) is 0 Å². The second kappa shape index (κ2) is 19.3. The van der Waals surface area contributed by atoms with Gasteiger partial charge in [0, 0.05) is 26.2 Å². The number of hydrogen-bond acceptors (Lipinski definition) is 2. The van der Waals surface area contributed by atoms with Gasteiger partial charge in [-0.3, -0.25) is 9.41 Å². The molecule has 0 spiro atoms. The van der Waals surface area contributed by atoms with Crippen molar-refractivity contribution in [3.05, 3.63) is 215 Å². The Morgan fingerprint density at radius 3 is 0.769 bits per heavy atom. The van der Waals surface area contributed by atoms with Gasteiger partial charge in [0.2, 0.25) is 0 Å². The first-order valence-electron chi connectivity index (χ1n) is 16.1. The normalized spacial score (nSPS) is 11.2. The molecule has 0 aliphatic heterocycles. The minimum atomic E-state index is -3.43. The van der Waals surface area contributed by atoms with Crippen molar-refractivity contribution in [1.82, 2.24) is 9.80 Å². The topological polar surface area (TPSA) is 6.48 Å². The molecule has 6 aromatic carbocycles. The molecular weight excluding hydrogens is 684 g/mol. The Morgan fingerprint density at radius 2 is 0.538 bits per heavy atom. The van der Waals surface area contributed by atoms with Crippen LogP contribution in [0.15, 0.2) is 170 Å². The van der Waals surface area contributed by atoms with Crippen molar-refractivity contribution in [1.29, 1.82) is 0 Å². The van der Waals surface area contributed by atoms with Crippen molar-refractivity contribution < 1.29 is 35.8 Å². The van der Waals surface area contributed by atoms with E-state index in [0.717, 1.165) is 56.3 Å². The van der Waals surface area contributed by atoms with Gasteiger partial charge in [-0.15, -0.1) is 0 Å². The monoisotopic (exact) mass is 722 g/mol. The molecule has 0 bridgehead atoms. The van der Waals surface area contributed by atoms with Crippen LogP contribution in [-0.4, -0.2) is 9.80 Å². The van der Waals surface area contributed by atoms with Crippen LogP contribution in [0.25, 0.3) is 0 Å². The molecule has 6 rings (SSSR count). The maximum absolute atomic E-state index is 15.1. The van der Waals surface area contributed by atoms with Crippen LogP contribution >= 0.6 is 0 Å². The SMILES string of the molecule is F.F.Fc1ccccc1C(F)(F)N(Cc1ccccc1)Cc1ccccc1.Fc1ccccc1C(F)(F)N(Cc1ccccc1)Cc1ccccc1. The van der Waals surface area contributed by atoms with Crippen molar-refractivity contribution >= 4 is 0 Å². The maximum atomic E-state index is 15.1.